The highest BCUT2D eigenvalue weighted by molar-refractivity contribution is 7.89. The van der Waals surface area contributed by atoms with E-state index in [1.807, 2.05) is 4.90 Å². The molecular formula is C15H20ClN3O3S. The summed E-state index contributed by atoms with van der Waals surface area (Å²) in [5.74, 6) is -0.0870. The van der Waals surface area contributed by atoms with Crippen LogP contribution in [0.25, 0.3) is 0 Å². The average molecular weight is 358 g/mol. The number of hydrogen-bond donors (Lipinski definition) is 1. The molecule has 8 heteroatoms. The van der Waals surface area contributed by atoms with Gasteiger partial charge in [-0.25, -0.2) is 8.42 Å². The number of nitrogens with one attached hydrogen (secondary N) is 1. The van der Waals surface area contributed by atoms with Gasteiger partial charge >= 0.3 is 0 Å². The summed E-state index contributed by atoms with van der Waals surface area (Å²) in [6.45, 7) is 5.97. The zero-order valence-electron chi connectivity index (χ0n) is 12.7. The Kier molecular flexibility index (Phi) is 6.17. The van der Waals surface area contributed by atoms with Gasteiger partial charge in [0.1, 0.15) is 0 Å². The third-order valence-corrected chi connectivity index (χ3v) is 5.71. The quantitative estimate of drug-likeness (QED) is 0.769. The second-order valence-electron chi connectivity index (χ2n) is 5.23. The molecule has 0 unspecified atom stereocenters. The molecule has 0 bridgehead atoms. The number of piperazine rings is 1. The molecule has 1 saturated heterocycles. The van der Waals surface area contributed by atoms with E-state index in [0.29, 0.717) is 37.7 Å². The average Bonchev–Trinajstić information content (AvgIpc) is 2.53. The molecule has 0 atom stereocenters. The Morgan fingerprint density at radius 2 is 2.00 bits per heavy atom. The van der Waals surface area contributed by atoms with Crippen molar-refractivity contribution < 1.29 is 13.2 Å². The number of sulfonamides is 1. The summed E-state index contributed by atoms with van der Waals surface area (Å²) in [6.07, 6.45) is 1.62. The highest BCUT2D eigenvalue weighted by Crippen LogP contribution is 2.20. The number of nitrogens with zero attached hydrogens (tertiary/aromatic N) is 2. The highest BCUT2D eigenvalue weighted by Gasteiger charge is 2.29. The van der Waals surface area contributed by atoms with E-state index in [1.54, 1.807) is 18.2 Å². The molecule has 1 N–H and O–H groups in total. The molecule has 1 aliphatic rings. The van der Waals surface area contributed by atoms with Gasteiger partial charge in [0, 0.05) is 37.7 Å². The molecule has 1 aliphatic heterocycles. The van der Waals surface area contributed by atoms with Crippen molar-refractivity contribution in [2.75, 3.05) is 39.3 Å². The SMILES string of the molecule is C=CCNC(=O)CN1CCN(S(=O)(=O)c2cccc(Cl)c2)CC1. The van der Waals surface area contributed by atoms with Crippen molar-refractivity contribution in [3.63, 3.8) is 0 Å². The summed E-state index contributed by atoms with van der Waals surface area (Å²) in [5, 5.41) is 3.10. The Balaban J connectivity index is 1.93. The van der Waals surface area contributed by atoms with Crippen LogP contribution in [-0.4, -0.2) is 62.8 Å². The summed E-state index contributed by atoms with van der Waals surface area (Å²) in [6, 6.07) is 6.25. The van der Waals surface area contributed by atoms with Gasteiger partial charge in [-0.3, -0.25) is 9.69 Å². The summed E-state index contributed by atoms with van der Waals surface area (Å²) in [7, 11) is -3.54. The highest BCUT2D eigenvalue weighted by atomic mass is 35.5. The maximum absolute atomic E-state index is 12.6. The third kappa shape index (κ3) is 4.78. The number of carbonyl (C=O) groups is 1. The minimum absolute atomic E-state index is 0.0870. The van der Waals surface area contributed by atoms with Gasteiger partial charge in [-0.1, -0.05) is 23.7 Å². The molecule has 6 nitrogen and oxygen atoms in total. The fourth-order valence-corrected chi connectivity index (χ4v) is 4.07. The van der Waals surface area contributed by atoms with Crippen molar-refractivity contribution in [3.8, 4) is 0 Å². The lowest BCUT2D eigenvalue weighted by Crippen LogP contribution is -2.51. The molecule has 0 aliphatic carbocycles. The third-order valence-electron chi connectivity index (χ3n) is 3.58. The largest absolute Gasteiger partial charge is 0.352 e. The molecular weight excluding hydrogens is 338 g/mol. The number of carbonyl (C=O) groups excluding carboxylic acids is 1. The minimum Gasteiger partial charge on any atom is -0.352 e. The van der Waals surface area contributed by atoms with Gasteiger partial charge < -0.3 is 5.32 Å². The molecule has 1 aromatic carbocycles. The molecule has 126 valence electrons. The van der Waals surface area contributed by atoms with Crippen LogP contribution in [0, 0.1) is 0 Å². The van der Waals surface area contributed by atoms with E-state index in [9.17, 15) is 13.2 Å². The summed E-state index contributed by atoms with van der Waals surface area (Å²) in [4.78, 5) is 13.8. The molecule has 1 aromatic rings. The first-order chi connectivity index (χ1) is 10.9. The second-order valence-corrected chi connectivity index (χ2v) is 7.60. The van der Waals surface area contributed by atoms with Crippen LogP contribution in [0.1, 0.15) is 0 Å². The fourth-order valence-electron chi connectivity index (χ4n) is 2.35. The van der Waals surface area contributed by atoms with Gasteiger partial charge in [-0.15, -0.1) is 6.58 Å². The van der Waals surface area contributed by atoms with E-state index in [4.69, 9.17) is 11.6 Å². The van der Waals surface area contributed by atoms with Crippen molar-refractivity contribution in [2.45, 2.75) is 4.90 Å². The molecule has 0 aromatic heterocycles. The molecule has 1 amide bonds. The van der Waals surface area contributed by atoms with E-state index in [2.05, 4.69) is 11.9 Å². The Hall–Kier alpha value is -1.41. The van der Waals surface area contributed by atoms with E-state index in [0.717, 1.165) is 0 Å². The first-order valence-electron chi connectivity index (χ1n) is 7.29. The number of hydrogen-bond acceptors (Lipinski definition) is 4. The van der Waals surface area contributed by atoms with Crippen LogP contribution >= 0.6 is 11.6 Å². The van der Waals surface area contributed by atoms with Gasteiger partial charge in [0.2, 0.25) is 15.9 Å². The Labute approximate surface area is 141 Å². The molecule has 23 heavy (non-hydrogen) atoms. The van der Waals surface area contributed by atoms with E-state index < -0.39 is 10.0 Å². The summed E-state index contributed by atoms with van der Waals surface area (Å²) >= 11 is 5.87. The number of benzene rings is 1. The smallest absolute Gasteiger partial charge is 0.243 e. The predicted octanol–water partition coefficient (Wildman–Crippen LogP) is 0.949. The molecule has 1 fully saturated rings. The van der Waals surface area contributed by atoms with Crippen LogP contribution < -0.4 is 5.32 Å². The summed E-state index contributed by atoms with van der Waals surface area (Å²) < 4.78 is 26.6. The molecule has 0 radical (unpaired) electrons. The topological polar surface area (TPSA) is 69.7 Å². The summed E-state index contributed by atoms with van der Waals surface area (Å²) in [5.41, 5.74) is 0. The number of amides is 1. The molecule has 1 heterocycles. The maximum atomic E-state index is 12.6. The van der Waals surface area contributed by atoms with Crippen molar-refractivity contribution in [1.82, 2.24) is 14.5 Å². The van der Waals surface area contributed by atoms with E-state index >= 15 is 0 Å². The van der Waals surface area contributed by atoms with Gasteiger partial charge in [0.15, 0.2) is 0 Å². The van der Waals surface area contributed by atoms with E-state index in [-0.39, 0.29) is 17.3 Å². The zero-order chi connectivity index (χ0) is 16.9. The molecule has 0 spiro atoms. The van der Waals surface area contributed by atoms with Gasteiger partial charge in [-0.2, -0.15) is 4.31 Å². The van der Waals surface area contributed by atoms with Crippen LogP contribution in [0.2, 0.25) is 5.02 Å². The normalized spacial score (nSPS) is 16.9. The first kappa shape index (κ1) is 17.9. The van der Waals surface area contributed by atoms with Gasteiger partial charge in [0.25, 0.3) is 0 Å². The van der Waals surface area contributed by atoms with Crippen LogP contribution in [0.5, 0.6) is 0 Å². The zero-order valence-corrected chi connectivity index (χ0v) is 14.3. The van der Waals surface area contributed by atoms with Crippen molar-refractivity contribution in [1.29, 1.82) is 0 Å². The van der Waals surface area contributed by atoms with Gasteiger partial charge in [0.05, 0.1) is 11.4 Å². The van der Waals surface area contributed by atoms with Crippen LogP contribution in [-0.2, 0) is 14.8 Å². The van der Waals surface area contributed by atoms with E-state index in [1.165, 1.54) is 16.4 Å². The molecule has 2 rings (SSSR count). The second kappa shape index (κ2) is 7.92. The molecule has 0 saturated carbocycles. The maximum Gasteiger partial charge on any atom is 0.243 e. The lowest BCUT2D eigenvalue weighted by atomic mass is 10.3. The number of halogens is 1. The first-order valence-corrected chi connectivity index (χ1v) is 9.11. The standard InChI is InChI=1S/C15H20ClN3O3S/c1-2-6-17-15(20)12-18-7-9-19(10-8-18)23(21,22)14-5-3-4-13(16)11-14/h2-5,11H,1,6-10,12H2,(H,17,20). The van der Waals surface area contributed by atoms with Crippen LogP contribution in [0.4, 0.5) is 0 Å². The van der Waals surface area contributed by atoms with Crippen molar-refractivity contribution in [3.05, 3.63) is 41.9 Å². The Bertz CT molecular complexity index is 670. The lowest BCUT2D eigenvalue weighted by molar-refractivity contribution is -0.122. The Morgan fingerprint density at radius 1 is 1.30 bits per heavy atom. The van der Waals surface area contributed by atoms with Crippen molar-refractivity contribution in [2.24, 2.45) is 0 Å². The minimum atomic E-state index is -3.54. The fraction of sp³-hybridized carbons (Fsp3) is 0.400. The predicted molar refractivity (Wildman–Crippen MR) is 89.9 cm³/mol. The number of rotatable bonds is 6. The monoisotopic (exact) mass is 357 g/mol. The van der Waals surface area contributed by atoms with Crippen LogP contribution in [0.3, 0.4) is 0 Å². The lowest BCUT2D eigenvalue weighted by Gasteiger charge is -2.33. The van der Waals surface area contributed by atoms with Crippen LogP contribution in [0.15, 0.2) is 41.8 Å². The Morgan fingerprint density at radius 3 is 2.61 bits per heavy atom. The van der Waals surface area contributed by atoms with Crippen molar-refractivity contribution >= 4 is 27.5 Å². The van der Waals surface area contributed by atoms with Gasteiger partial charge in [-0.05, 0) is 18.2 Å².